The van der Waals surface area contributed by atoms with Gasteiger partial charge in [0.05, 0.1) is 17.9 Å². The number of likely N-dealkylation sites (tertiary alicyclic amines) is 1. The molecular formula is C32H39N7O10. The second-order valence-corrected chi connectivity index (χ2v) is 11.4. The Hall–Kier alpha value is -5.87. The van der Waals surface area contributed by atoms with Gasteiger partial charge in [-0.25, -0.2) is 0 Å². The molecule has 6 amide bonds. The highest BCUT2D eigenvalue weighted by atomic mass is 16.6. The lowest BCUT2D eigenvalue weighted by atomic mass is 10.0. The van der Waals surface area contributed by atoms with E-state index in [4.69, 9.17) is 5.11 Å². The Kier molecular flexibility index (Phi) is 13.7. The second-order valence-electron chi connectivity index (χ2n) is 11.4. The van der Waals surface area contributed by atoms with Crippen LogP contribution >= 0.6 is 0 Å². The molecule has 0 radical (unpaired) electrons. The number of nitrogens with zero attached hydrogens (tertiary/aromatic N) is 2. The van der Waals surface area contributed by atoms with Gasteiger partial charge in [0.25, 0.3) is 5.69 Å². The molecule has 262 valence electrons. The van der Waals surface area contributed by atoms with Crippen LogP contribution in [0.15, 0.2) is 54.6 Å². The Morgan fingerprint density at radius 2 is 1.53 bits per heavy atom. The van der Waals surface area contributed by atoms with Crippen molar-refractivity contribution in [2.24, 2.45) is 0 Å². The molecular weight excluding hydrogens is 642 g/mol. The highest BCUT2D eigenvalue weighted by Gasteiger charge is 2.36. The van der Waals surface area contributed by atoms with Crippen LogP contribution < -0.4 is 26.6 Å². The smallest absolute Gasteiger partial charge is 0.303 e. The summed E-state index contributed by atoms with van der Waals surface area (Å²) in [5.74, 6) is -4.90. The van der Waals surface area contributed by atoms with E-state index in [1.165, 1.54) is 43.0 Å². The van der Waals surface area contributed by atoms with Crippen LogP contribution in [0.25, 0.3) is 0 Å². The number of carboxylic acids is 1. The Balaban J connectivity index is 1.57. The average Bonchev–Trinajstić information content (AvgIpc) is 3.57. The minimum atomic E-state index is -1.16. The predicted octanol–water partition coefficient (Wildman–Crippen LogP) is 0.242. The lowest BCUT2D eigenvalue weighted by molar-refractivity contribution is -0.384. The van der Waals surface area contributed by atoms with Gasteiger partial charge in [-0.05, 0) is 44.4 Å². The van der Waals surface area contributed by atoms with E-state index in [2.05, 4.69) is 26.6 Å². The van der Waals surface area contributed by atoms with Gasteiger partial charge in [0, 0.05) is 37.2 Å². The number of rotatable bonds is 16. The summed E-state index contributed by atoms with van der Waals surface area (Å²) in [6.45, 7) is 2.50. The number of amides is 6. The predicted molar refractivity (Wildman–Crippen MR) is 174 cm³/mol. The number of aliphatic carboxylic acids is 1. The Morgan fingerprint density at radius 1 is 0.878 bits per heavy atom. The zero-order chi connectivity index (χ0) is 36.1. The summed E-state index contributed by atoms with van der Waals surface area (Å²) >= 11 is 0. The first-order chi connectivity index (χ1) is 23.2. The number of carbonyl (C=O) groups excluding carboxylic acids is 6. The number of non-ortho nitro benzene ring substituents is 1. The van der Waals surface area contributed by atoms with Crippen molar-refractivity contribution in [2.75, 3.05) is 18.4 Å². The van der Waals surface area contributed by atoms with E-state index in [0.717, 1.165) is 5.56 Å². The third kappa shape index (κ3) is 11.7. The summed E-state index contributed by atoms with van der Waals surface area (Å²) in [5, 5.41) is 32.2. The maximum atomic E-state index is 13.5. The number of anilines is 1. The average molecular weight is 682 g/mol. The molecule has 0 spiro atoms. The quantitative estimate of drug-likeness (QED) is 0.104. The van der Waals surface area contributed by atoms with Gasteiger partial charge in [-0.3, -0.25) is 43.7 Å². The maximum absolute atomic E-state index is 13.5. The van der Waals surface area contributed by atoms with E-state index in [0.29, 0.717) is 12.8 Å². The van der Waals surface area contributed by atoms with E-state index >= 15 is 0 Å². The molecule has 0 aromatic heterocycles. The first-order valence-electron chi connectivity index (χ1n) is 15.5. The van der Waals surface area contributed by atoms with Crippen molar-refractivity contribution in [1.82, 2.24) is 26.2 Å². The molecule has 49 heavy (non-hydrogen) atoms. The number of carboxylic acid groups (broad SMARTS) is 1. The topological polar surface area (TPSA) is 246 Å². The van der Waals surface area contributed by atoms with E-state index in [1.54, 1.807) is 30.3 Å². The largest absolute Gasteiger partial charge is 0.481 e. The highest BCUT2D eigenvalue weighted by molar-refractivity contribution is 5.99. The van der Waals surface area contributed by atoms with Crippen molar-refractivity contribution >= 4 is 52.8 Å². The van der Waals surface area contributed by atoms with Gasteiger partial charge in [-0.2, -0.15) is 0 Å². The minimum Gasteiger partial charge on any atom is -0.481 e. The molecule has 17 nitrogen and oxygen atoms in total. The van der Waals surface area contributed by atoms with Gasteiger partial charge >= 0.3 is 5.97 Å². The number of benzene rings is 2. The fraction of sp³-hybridized carbons (Fsp3) is 0.406. The molecule has 1 saturated heterocycles. The van der Waals surface area contributed by atoms with Gasteiger partial charge in [0.2, 0.25) is 35.4 Å². The summed E-state index contributed by atoms with van der Waals surface area (Å²) in [6, 6.07) is 10.0. The summed E-state index contributed by atoms with van der Waals surface area (Å²) in [6.07, 6.45) is 0.217. The summed E-state index contributed by atoms with van der Waals surface area (Å²) in [7, 11) is 0. The number of nitro groups is 1. The molecule has 0 saturated carbocycles. The number of hydrogen-bond acceptors (Lipinski definition) is 9. The molecule has 1 fully saturated rings. The van der Waals surface area contributed by atoms with Gasteiger partial charge in [0.15, 0.2) is 0 Å². The lowest BCUT2D eigenvalue weighted by Crippen LogP contribution is -2.55. The maximum Gasteiger partial charge on any atom is 0.303 e. The third-order valence-corrected chi connectivity index (χ3v) is 7.64. The summed E-state index contributed by atoms with van der Waals surface area (Å²) in [5.41, 5.74) is 0.890. The van der Waals surface area contributed by atoms with Crippen molar-refractivity contribution in [3.8, 4) is 0 Å². The molecule has 2 aromatic carbocycles. The van der Waals surface area contributed by atoms with E-state index in [9.17, 15) is 43.7 Å². The number of carbonyl (C=O) groups is 7. The van der Waals surface area contributed by atoms with Crippen molar-refractivity contribution in [1.29, 1.82) is 0 Å². The van der Waals surface area contributed by atoms with Crippen LogP contribution in [0, 0.1) is 10.1 Å². The zero-order valence-electron chi connectivity index (χ0n) is 27.0. The first kappa shape index (κ1) is 37.6. The zero-order valence-corrected chi connectivity index (χ0v) is 27.0. The highest BCUT2D eigenvalue weighted by Crippen LogP contribution is 2.19. The monoisotopic (exact) mass is 681 g/mol. The Bertz CT molecular complexity index is 1550. The SMILES string of the molecule is C[C@H](NC(=O)CCC(=O)O)C(=O)N[C@@H](C)C(=O)NCC(=O)N1CCC[C@H]1C(=O)N[C@@H](Cc1ccccc1)C(=O)Nc1ccc([N+](=O)[O-])cc1. The van der Waals surface area contributed by atoms with Crippen molar-refractivity contribution in [3.63, 3.8) is 0 Å². The third-order valence-electron chi connectivity index (χ3n) is 7.64. The molecule has 6 N–H and O–H groups in total. The van der Waals surface area contributed by atoms with Crippen molar-refractivity contribution in [3.05, 3.63) is 70.3 Å². The van der Waals surface area contributed by atoms with Crippen LogP contribution in [0.4, 0.5) is 11.4 Å². The van der Waals surface area contributed by atoms with Crippen LogP contribution in [0.1, 0.15) is 45.1 Å². The molecule has 3 rings (SSSR count). The van der Waals surface area contributed by atoms with Gasteiger partial charge in [0.1, 0.15) is 24.2 Å². The molecule has 0 aliphatic carbocycles. The lowest BCUT2D eigenvalue weighted by Gasteiger charge is -2.27. The fourth-order valence-electron chi connectivity index (χ4n) is 4.98. The molecule has 4 atom stereocenters. The molecule has 1 aliphatic rings. The molecule has 1 aliphatic heterocycles. The number of hydrogen-bond donors (Lipinski definition) is 6. The Labute approximate surface area is 281 Å². The molecule has 0 unspecified atom stereocenters. The standard InChI is InChI=1S/C32H39N7O10/c1-19(35-30(45)20(2)34-26(40)14-15-28(42)43)29(44)33-18-27(41)38-16-6-9-25(38)32(47)37-24(17-21-7-4-3-5-8-21)31(46)36-22-10-12-23(13-11-22)39(48)49/h3-5,7-8,10-13,19-20,24-25H,6,9,14-18H2,1-2H3,(H,33,44)(H,34,40)(H,35,45)(H,36,46)(H,37,47)(H,42,43)/t19-,20-,24-,25-/m0/s1. The number of nitrogens with one attached hydrogen (secondary N) is 5. The molecule has 17 heteroatoms. The molecule has 2 aromatic rings. The Morgan fingerprint density at radius 3 is 2.16 bits per heavy atom. The van der Waals surface area contributed by atoms with Gasteiger partial charge < -0.3 is 36.6 Å². The second kappa shape index (κ2) is 17.9. The van der Waals surface area contributed by atoms with Crippen molar-refractivity contribution < 1.29 is 43.6 Å². The van der Waals surface area contributed by atoms with Crippen LogP contribution in [-0.4, -0.2) is 93.6 Å². The van der Waals surface area contributed by atoms with Crippen LogP contribution in [-0.2, 0) is 40.0 Å². The fourth-order valence-corrected chi connectivity index (χ4v) is 4.98. The first-order valence-corrected chi connectivity index (χ1v) is 15.5. The van der Waals surface area contributed by atoms with Gasteiger partial charge in [-0.15, -0.1) is 0 Å². The van der Waals surface area contributed by atoms with E-state index < -0.39 is 83.5 Å². The molecule has 0 bridgehead atoms. The molecule has 1 heterocycles. The number of nitro benzene ring substituents is 1. The van der Waals surface area contributed by atoms with Crippen molar-refractivity contribution in [2.45, 2.75) is 70.1 Å². The minimum absolute atomic E-state index is 0.121. The van der Waals surface area contributed by atoms with E-state index in [1.807, 2.05) is 0 Å². The van der Waals surface area contributed by atoms with Crippen LogP contribution in [0.5, 0.6) is 0 Å². The van der Waals surface area contributed by atoms with E-state index in [-0.39, 0.29) is 30.8 Å². The van der Waals surface area contributed by atoms with Crippen LogP contribution in [0.2, 0.25) is 0 Å². The summed E-state index contributed by atoms with van der Waals surface area (Å²) < 4.78 is 0. The normalized spacial score (nSPS) is 15.6. The summed E-state index contributed by atoms with van der Waals surface area (Å²) in [4.78, 5) is 99.0. The van der Waals surface area contributed by atoms with Crippen LogP contribution in [0.3, 0.4) is 0 Å². The van der Waals surface area contributed by atoms with Gasteiger partial charge in [-0.1, -0.05) is 30.3 Å².